The molecule has 1 saturated carbocycles. The Hall–Kier alpha value is 0.440. The topological polar surface area (TPSA) is 3.24 Å². The third-order valence-corrected chi connectivity index (χ3v) is 5.10. The predicted octanol–water partition coefficient (Wildman–Crippen LogP) is 3.04. The van der Waals surface area contributed by atoms with Crippen molar-refractivity contribution in [1.82, 2.24) is 4.90 Å². The minimum absolute atomic E-state index is 0.558. The maximum Gasteiger partial charge on any atom is 0.00980 e. The fraction of sp³-hybridized carbons (Fsp3) is 1.00. The largest absolute Gasteiger partial charge is 0.300 e. The van der Waals surface area contributed by atoms with Crippen LogP contribution in [0, 0.1) is 5.41 Å². The summed E-state index contributed by atoms with van der Waals surface area (Å²) in [4.78, 5) is 2.73. The molecule has 2 aliphatic rings. The Balaban J connectivity index is 1.90. The Bertz CT molecular complexity index is 177. The molecule has 0 aromatic heterocycles. The fourth-order valence-electron chi connectivity index (χ4n) is 2.75. The number of hydrogen-bond acceptors (Lipinski definition) is 1. The molecule has 1 heterocycles. The van der Waals surface area contributed by atoms with Crippen LogP contribution in [0.1, 0.15) is 39.0 Å². The molecule has 0 aromatic carbocycles. The van der Waals surface area contributed by atoms with Crippen LogP contribution in [0.2, 0.25) is 0 Å². The Labute approximate surface area is 90.0 Å². The molecular formula is C11H20BrN. The first-order valence-corrected chi connectivity index (χ1v) is 6.66. The summed E-state index contributed by atoms with van der Waals surface area (Å²) in [6.45, 7) is 5.08. The van der Waals surface area contributed by atoms with Gasteiger partial charge in [-0.15, -0.1) is 0 Å². The molecule has 0 N–H and O–H groups in total. The number of nitrogens with zero attached hydrogens (tertiary/aromatic N) is 1. The Morgan fingerprint density at radius 3 is 2.62 bits per heavy atom. The van der Waals surface area contributed by atoms with Crippen LogP contribution in [-0.4, -0.2) is 29.4 Å². The summed E-state index contributed by atoms with van der Waals surface area (Å²) in [5.74, 6) is 0. The van der Waals surface area contributed by atoms with E-state index in [9.17, 15) is 0 Å². The molecule has 1 saturated heterocycles. The monoisotopic (exact) mass is 245 g/mol. The van der Waals surface area contributed by atoms with Gasteiger partial charge in [0.05, 0.1) is 0 Å². The van der Waals surface area contributed by atoms with Gasteiger partial charge < -0.3 is 0 Å². The Kier molecular flexibility index (Phi) is 2.99. The molecule has 2 fully saturated rings. The van der Waals surface area contributed by atoms with Crippen LogP contribution in [-0.2, 0) is 0 Å². The van der Waals surface area contributed by atoms with Gasteiger partial charge in [0.15, 0.2) is 0 Å². The molecular weight excluding hydrogens is 226 g/mol. The van der Waals surface area contributed by atoms with E-state index in [2.05, 4.69) is 27.8 Å². The van der Waals surface area contributed by atoms with Crippen molar-refractivity contribution in [1.29, 1.82) is 0 Å². The molecule has 2 rings (SSSR count). The lowest BCUT2D eigenvalue weighted by Crippen LogP contribution is -2.33. The van der Waals surface area contributed by atoms with Gasteiger partial charge in [-0.1, -0.05) is 35.7 Å². The molecule has 13 heavy (non-hydrogen) atoms. The zero-order chi connectivity index (χ0) is 9.31. The standard InChI is InChI=1S/C11H20BrN/c1-11(8-12)6-7-13(9-11)10-4-2-3-5-10/h10H,2-9H2,1H3. The summed E-state index contributed by atoms with van der Waals surface area (Å²) in [5.41, 5.74) is 0.558. The number of hydrogen-bond donors (Lipinski definition) is 0. The third kappa shape index (κ3) is 2.10. The molecule has 1 unspecified atom stereocenters. The molecule has 76 valence electrons. The highest BCUT2D eigenvalue weighted by Gasteiger charge is 2.36. The highest BCUT2D eigenvalue weighted by atomic mass is 79.9. The van der Waals surface area contributed by atoms with E-state index in [0.717, 1.165) is 6.04 Å². The first kappa shape index (κ1) is 9.97. The summed E-state index contributed by atoms with van der Waals surface area (Å²) in [7, 11) is 0. The molecule has 2 heteroatoms. The number of halogens is 1. The molecule has 0 bridgehead atoms. The second-order valence-corrected chi connectivity index (χ2v) is 5.66. The van der Waals surface area contributed by atoms with E-state index >= 15 is 0 Å². The van der Waals surface area contributed by atoms with Crippen LogP contribution in [0.15, 0.2) is 0 Å². The fourth-order valence-corrected chi connectivity index (χ4v) is 3.21. The van der Waals surface area contributed by atoms with E-state index in [1.54, 1.807) is 0 Å². The quantitative estimate of drug-likeness (QED) is 0.677. The van der Waals surface area contributed by atoms with Crippen molar-refractivity contribution in [2.24, 2.45) is 5.41 Å². The van der Waals surface area contributed by atoms with E-state index < -0.39 is 0 Å². The average Bonchev–Trinajstić information content (AvgIpc) is 2.73. The normalized spacial score (nSPS) is 37.4. The van der Waals surface area contributed by atoms with E-state index in [4.69, 9.17) is 0 Å². The molecule has 0 radical (unpaired) electrons. The first-order chi connectivity index (χ1) is 6.23. The van der Waals surface area contributed by atoms with Gasteiger partial charge in [0.25, 0.3) is 0 Å². The minimum atomic E-state index is 0.558. The Morgan fingerprint density at radius 1 is 1.38 bits per heavy atom. The summed E-state index contributed by atoms with van der Waals surface area (Å²) in [6.07, 6.45) is 7.23. The Morgan fingerprint density at radius 2 is 2.08 bits per heavy atom. The number of likely N-dealkylation sites (tertiary alicyclic amines) is 1. The molecule has 1 aliphatic heterocycles. The van der Waals surface area contributed by atoms with Crippen LogP contribution in [0.3, 0.4) is 0 Å². The molecule has 0 spiro atoms. The second kappa shape index (κ2) is 3.90. The lowest BCUT2D eigenvalue weighted by Gasteiger charge is -2.26. The lowest BCUT2D eigenvalue weighted by molar-refractivity contribution is 0.222. The van der Waals surface area contributed by atoms with Gasteiger partial charge in [0.1, 0.15) is 0 Å². The van der Waals surface area contributed by atoms with Gasteiger partial charge in [-0.2, -0.15) is 0 Å². The van der Waals surface area contributed by atoms with Crippen LogP contribution >= 0.6 is 15.9 Å². The minimum Gasteiger partial charge on any atom is -0.300 e. The third-order valence-electron chi connectivity index (χ3n) is 3.75. The van der Waals surface area contributed by atoms with E-state index in [1.165, 1.54) is 50.5 Å². The predicted molar refractivity (Wildman–Crippen MR) is 60.3 cm³/mol. The van der Waals surface area contributed by atoms with Gasteiger partial charge >= 0.3 is 0 Å². The number of alkyl halides is 1. The van der Waals surface area contributed by atoms with Crippen LogP contribution in [0.4, 0.5) is 0 Å². The van der Waals surface area contributed by atoms with Crippen molar-refractivity contribution < 1.29 is 0 Å². The summed E-state index contributed by atoms with van der Waals surface area (Å²) >= 11 is 3.64. The van der Waals surface area contributed by atoms with E-state index in [1.807, 2.05) is 0 Å². The molecule has 1 nitrogen and oxygen atoms in total. The lowest BCUT2D eigenvalue weighted by atomic mass is 9.93. The van der Waals surface area contributed by atoms with Gasteiger partial charge in [-0.05, 0) is 31.2 Å². The van der Waals surface area contributed by atoms with Gasteiger partial charge in [-0.3, -0.25) is 4.90 Å². The van der Waals surface area contributed by atoms with Crippen molar-refractivity contribution in [2.45, 2.75) is 45.1 Å². The highest BCUT2D eigenvalue weighted by Crippen LogP contribution is 2.36. The zero-order valence-corrected chi connectivity index (χ0v) is 10.1. The average molecular weight is 246 g/mol. The highest BCUT2D eigenvalue weighted by molar-refractivity contribution is 9.09. The zero-order valence-electron chi connectivity index (χ0n) is 8.56. The summed E-state index contributed by atoms with van der Waals surface area (Å²) < 4.78 is 0. The molecule has 0 aromatic rings. The molecule has 1 aliphatic carbocycles. The van der Waals surface area contributed by atoms with Crippen molar-refractivity contribution in [3.8, 4) is 0 Å². The van der Waals surface area contributed by atoms with Crippen LogP contribution in [0.25, 0.3) is 0 Å². The molecule has 0 amide bonds. The van der Waals surface area contributed by atoms with Crippen LogP contribution < -0.4 is 0 Å². The first-order valence-electron chi connectivity index (χ1n) is 5.54. The molecule has 1 atom stereocenters. The van der Waals surface area contributed by atoms with Crippen molar-refractivity contribution >= 4 is 15.9 Å². The smallest absolute Gasteiger partial charge is 0.00980 e. The van der Waals surface area contributed by atoms with Gasteiger partial charge in [0.2, 0.25) is 0 Å². The second-order valence-electron chi connectivity index (χ2n) is 5.10. The van der Waals surface area contributed by atoms with Crippen molar-refractivity contribution in [3.63, 3.8) is 0 Å². The van der Waals surface area contributed by atoms with Gasteiger partial charge in [0, 0.05) is 17.9 Å². The van der Waals surface area contributed by atoms with Crippen LogP contribution in [0.5, 0.6) is 0 Å². The number of rotatable bonds is 2. The summed E-state index contributed by atoms with van der Waals surface area (Å²) in [5, 5.41) is 1.17. The van der Waals surface area contributed by atoms with E-state index in [-0.39, 0.29) is 0 Å². The maximum absolute atomic E-state index is 3.64. The van der Waals surface area contributed by atoms with Gasteiger partial charge in [-0.25, -0.2) is 0 Å². The van der Waals surface area contributed by atoms with E-state index in [0.29, 0.717) is 5.41 Å². The van der Waals surface area contributed by atoms with Crippen molar-refractivity contribution in [2.75, 3.05) is 18.4 Å². The van der Waals surface area contributed by atoms with Crippen molar-refractivity contribution in [3.05, 3.63) is 0 Å². The summed E-state index contributed by atoms with van der Waals surface area (Å²) in [6, 6.07) is 0.931. The SMILES string of the molecule is CC1(CBr)CCN(C2CCCC2)C1. The maximum atomic E-state index is 3.64.